The molecule has 118 valence electrons. The van der Waals surface area contributed by atoms with Crippen molar-refractivity contribution in [1.82, 2.24) is 5.32 Å². The lowest BCUT2D eigenvalue weighted by atomic mass is 10.0. The van der Waals surface area contributed by atoms with Crippen molar-refractivity contribution in [3.8, 4) is 0 Å². The van der Waals surface area contributed by atoms with Crippen molar-refractivity contribution in [2.75, 3.05) is 11.9 Å². The fraction of sp³-hybridized carbons (Fsp3) is 0.462. The maximum absolute atomic E-state index is 12.0. The first-order valence-corrected chi connectivity index (χ1v) is 8.29. The van der Waals surface area contributed by atoms with E-state index in [1.807, 2.05) is 0 Å². The Balaban J connectivity index is 0.00000220. The summed E-state index contributed by atoms with van der Waals surface area (Å²) in [5, 5.41) is 11.0. The Bertz CT molecular complexity index is 569. The molecule has 1 fully saturated rings. The summed E-state index contributed by atoms with van der Waals surface area (Å²) in [5.41, 5.74) is 1.25. The summed E-state index contributed by atoms with van der Waals surface area (Å²) in [6.07, 6.45) is 3.00. The number of nitrogens with two attached hydrogens (primary N) is 1. The van der Waals surface area contributed by atoms with E-state index in [4.69, 9.17) is 5.14 Å². The van der Waals surface area contributed by atoms with Crippen LogP contribution in [0.2, 0.25) is 0 Å². The molecule has 1 aliphatic rings. The second kappa shape index (κ2) is 7.74. The zero-order chi connectivity index (χ0) is 14.6. The Morgan fingerprint density at radius 3 is 2.48 bits per heavy atom. The second-order valence-corrected chi connectivity index (χ2v) is 6.61. The molecule has 0 saturated carbocycles. The van der Waals surface area contributed by atoms with Gasteiger partial charge in [0.15, 0.2) is 0 Å². The molecule has 6 nitrogen and oxygen atoms in total. The van der Waals surface area contributed by atoms with Gasteiger partial charge < -0.3 is 10.6 Å². The van der Waals surface area contributed by atoms with Gasteiger partial charge in [0.25, 0.3) is 0 Å². The number of carbonyl (C=O) groups is 1. The van der Waals surface area contributed by atoms with E-state index in [0.29, 0.717) is 11.3 Å². The van der Waals surface area contributed by atoms with Gasteiger partial charge >= 0.3 is 0 Å². The Hall–Kier alpha value is -1.15. The predicted octanol–water partition coefficient (Wildman–Crippen LogP) is 0.977. The molecule has 1 atom stereocenters. The Labute approximate surface area is 130 Å². The lowest BCUT2D eigenvalue weighted by Crippen LogP contribution is -2.43. The highest BCUT2D eigenvalue weighted by Crippen LogP contribution is 2.13. The maximum Gasteiger partial charge on any atom is 0.241 e. The van der Waals surface area contributed by atoms with E-state index in [1.165, 1.54) is 0 Å². The van der Waals surface area contributed by atoms with Crippen LogP contribution in [0.15, 0.2) is 24.3 Å². The van der Waals surface area contributed by atoms with Gasteiger partial charge in [-0.05, 0) is 37.1 Å². The van der Waals surface area contributed by atoms with Gasteiger partial charge in [-0.25, -0.2) is 13.6 Å². The number of halogens is 1. The molecule has 1 heterocycles. The van der Waals surface area contributed by atoms with Gasteiger partial charge in [-0.2, -0.15) is 0 Å². The number of nitrogens with one attached hydrogen (secondary N) is 2. The van der Waals surface area contributed by atoms with E-state index in [1.54, 1.807) is 24.3 Å². The van der Waals surface area contributed by atoms with E-state index >= 15 is 0 Å². The van der Waals surface area contributed by atoms with Crippen LogP contribution in [0, 0.1) is 0 Å². The smallest absolute Gasteiger partial charge is 0.241 e. The van der Waals surface area contributed by atoms with Gasteiger partial charge in [0.2, 0.25) is 15.9 Å². The molecular weight excluding hydrogens is 314 g/mol. The molecule has 0 bridgehead atoms. The molecule has 1 aliphatic heterocycles. The quantitative estimate of drug-likeness (QED) is 0.764. The number of primary sulfonamides is 1. The van der Waals surface area contributed by atoms with E-state index in [-0.39, 0.29) is 30.1 Å². The molecule has 1 amide bonds. The van der Waals surface area contributed by atoms with Crippen molar-refractivity contribution in [1.29, 1.82) is 0 Å². The minimum atomic E-state index is -3.53. The zero-order valence-corrected chi connectivity index (χ0v) is 13.2. The standard InChI is InChI=1S/C13H19N3O3S.ClH/c14-20(18,19)9-10-4-6-11(7-5-10)16-13(17)12-3-1-2-8-15-12;/h4-7,12,15H,1-3,8-9H2,(H,16,17)(H2,14,18,19);1H/t12-;/m0./s1. The van der Waals surface area contributed by atoms with Crippen LogP contribution in [0.4, 0.5) is 5.69 Å². The van der Waals surface area contributed by atoms with Gasteiger partial charge in [-0.3, -0.25) is 4.79 Å². The summed E-state index contributed by atoms with van der Waals surface area (Å²) < 4.78 is 21.9. The van der Waals surface area contributed by atoms with E-state index in [2.05, 4.69) is 10.6 Å². The molecule has 8 heteroatoms. The zero-order valence-electron chi connectivity index (χ0n) is 11.5. The fourth-order valence-electron chi connectivity index (χ4n) is 2.22. The van der Waals surface area contributed by atoms with Crippen molar-refractivity contribution in [3.63, 3.8) is 0 Å². The number of carbonyl (C=O) groups excluding carboxylic acids is 1. The van der Waals surface area contributed by atoms with E-state index in [9.17, 15) is 13.2 Å². The number of hydrogen-bond donors (Lipinski definition) is 3. The van der Waals surface area contributed by atoms with Crippen LogP contribution in [0.3, 0.4) is 0 Å². The molecule has 1 aromatic carbocycles. The third-order valence-corrected chi connectivity index (χ3v) is 3.95. The molecule has 1 saturated heterocycles. The molecule has 4 N–H and O–H groups in total. The molecule has 0 unspecified atom stereocenters. The third kappa shape index (κ3) is 6.01. The largest absolute Gasteiger partial charge is 0.325 e. The number of rotatable bonds is 4. The first kappa shape index (κ1) is 17.9. The number of amides is 1. The summed E-state index contributed by atoms with van der Waals surface area (Å²) >= 11 is 0. The van der Waals surface area contributed by atoms with Crippen LogP contribution in [0.1, 0.15) is 24.8 Å². The maximum atomic E-state index is 12.0. The van der Waals surface area contributed by atoms with Crippen LogP contribution in [0.25, 0.3) is 0 Å². The van der Waals surface area contributed by atoms with Crippen molar-refractivity contribution in [2.24, 2.45) is 5.14 Å². The summed E-state index contributed by atoms with van der Waals surface area (Å²) in [6.45, 7) is 0.866. The molecule has 0 aromatic heterocycles. The lowest BCUT2D eigenvalue weighted by molar-refractivity contribution is -0.118. The topological polar surface area (TPSA) is 101 Å². The summed E-state index contributed by atoms with van der Waals surface area (Å²) in [6, 6.07) is 6.51. The van der Waals surface area contributed by atoms with Crippen LogP contribution in [-0.2, 0) is 20.6 Å². The highest BCUT2D eigenvalue weighted by Gasteiger charge is 2.20. The second-order valence-electron chi connectivity index (χ2n) is 5.00. The first-order chi connectivity index (χ1) is 9.44. The van der Waals surface area contributed by atoms with Crippen LogP contribution >= 0.6 is 12.4 Å². The van der Waals surface area contributed by atoms with Crippen LogP contribution < -0.4 is 15.8 Å². The summed E-state index contributed by atoms with van der Waals surface area (Å²) in [7, 11) is -3.53. The highest BCUT2D eigenvalue weighted by molar-refractivity contribution is 7.88. The van der Waals surface area contributed by atoms with Gasteiger partial charge in [-0.15, -0.1) is 12.4 Å². The third-order valence-electron chi connectivity index (χ3n) is 3.22. The van der Waals surface area contributed by atoms with Crippen molar-refractivity contribution in [2.45, 2.75) is 31.1 Å². The Morgan fingerprint density at radius 1 is 1.29 bits per heavy atom. The molecule has 0 aliphatic carbocycles. The summed E-state index contributed by atoms with van der Waals surface area (Å²) in [4.78, 5) is 12.0. The van der Waals surface area contributed by atoms with Gasteiger partial charge in [0.05, 0.1) is 11.8 Å². The number of benzene rings is 1. The van der Waals surface area contributed by atoms with Crippen molar-refractivity contribution in [3.05, 3.63) is 29.8 Å². The first-order valence-electron chi connectivity index (χ1n) is 6.58. The predicted molar refractivity (Wildman–Crippen MR) is 84.8 cm³/mol. The molecule has 2 rings (SSSR count). The highest BCUT2D eigenvalue weighted by atomic mass is 35.5. The molecule has 21 heavy (non-hydrogen) atoms. The van der Waals surface area contributed by atoms with Gasteiger partial charge in [0.1, 0.15) is 0 Å². The normalized spacial score (nSPS) is 18.6. The van der Waals surface area contributed by atoms with Gasteiger partial charge in [-0.1, -0.05) is 18.6 Å². The average Bonchev–Trinajstić information content (AvgIpc) is 2.40. The minimum Gasteiger partial charge on any atom is -0.325 e. The van der Waals surface area contributed by atoms with Crippen molar-refractivity contribution < 1.29 is 13.2 Å². The molecule has 1 aromatic rings. The fourth-order valence-corrected chi connectivity index (χ4v) is 2.88. The lowest BCUT2D eigenvalue weighted by Gasteiger charge is -2.22. The monoisotopic (exact) mass is 333 g/mol. The summed E-state index contributed by atoms with van der Waals surface area (Å²) in [5.74, 6) is -0.255. The SMILES string of the molecule is Cl.NS(=O)(=O)Cc1ccc(NC(=O)[C@@H]2CCCCN2)cc1. The molecule has 0 spiro atoms. The number of piperidine rings is 1. The Kier molecular flexibility index (Phi) is 6.60. The minimum absolute atomic E-state index is 0. The number of hydrogen-bond acceptors (Lipinski definition) is 4. The van der Waals surface area contributed by atoms with Gasteiger partial charge in [0, 0.05) is 5.69 Å². The number of sulfonamides is 1. The average molecular weight is 334 g/mol. The molecular formula is C13H20ClN3O3S. The van der Waals surface area contributed by atoms with Crippen LogP contribution in [0.5, 0.6) is 0 Å². The van der Waals surface area contributed by atoms with Crippen LogP contribution in [-0.4, -0.2) is 26.9 Å². The molecule has 0 radical (unpaired) electrons. The number of anilines is 1. The van der Waals surface area contributed by atoms with E-state index in [0.717, 1.165) is 25.8 Å². The van der Waals surface area contributed by atoms with E-state index < -0.39 is 10.0 Å². The Morgan fingerprint density at radius 2 is 1.95 bits per heavy atom. The van der Waals surface area contributed by atoms with Crippen molar-refractivity contribution >= 4 is 34.0 Å².